The van der Waals surface area contributed by atoms with Crippen LogP contribution in [0.4, 0.5) is 5.13 Å². The molecule has 19 heavy (non-hydrogen) atoms. The van der Waals surface area contributed by atoms with Crippen LogP contribution in [-0.2, 0) is 6.54 Å². The fourth-order valence-electron chi connectivity index (χ4n) is 2.64. The van der Waals surface area contributed by atoms with Gasteiger partial charge in [0.1, 0.15) is 0 Å². The molecule has 2 rings (SSSR count). The smallest absolute Gasteiger partial charge is 0.185 e. The van der Waals surface area contributed by atoms with E-state index in [0.29, 0.717) is 5.54 Å². The van der Waals surface area contributed by atoms with E-state index in [0.717, 1.165) is 24.8 Å². The first-order chi connectivity index (χ1) is 9.07. The van der Waals surface area contributed by atoms with Crippen molar-refractivity contribution in [3.63, 3.8) is 0 Å². The number of nitrogens with zero attached hydrogens (tertiary/aromatic N) is 3. The van der Waals surface area contributed by atoms with Crippen LogP contribution in [0.15, 0.2) is 6.20 Å². The van der Waals surface area contributed by atoms with E-state index in [-0.39, 0.29) is 0 Å². The van der Waals surface area contributed by atoms with Crippen LogP contribution in [0.5, 0.6) is 0 Å². The minimum Gasteiger partial charge on any atom is -0.349 e. The van der Waals surface area contributed by atoms with Crippen molar-refractivity contribution in [3.05, 3.63) is 11.1 Å². The molecule has 1 heterocycles. The molecule has 1 aliphatic rings. The number of likely N-dealkylation sites (N-methyl/N-ethyl adjacent to an activating group) is 2. The highest BCUT2D eigenvalue weighted by molar-refractivity contribution is 7.15. The van der Waals surface area contributed by atoms with E-state index in [1.165, 1.54) is 24.1 Å². The summed E-state index contributed by atoms with van der Waals surface area (Å²) in [7, 11) is 6.57. The van der Waals surface area contributed by atoms with Gasteiger partial charge in [-0.25, -0.2) is 4.98 Å². The van der Waals surface area contributed by atoms with E-state index in [1.807, 2.05) is 6.20 Å². The third-order valence-electron chi connectivity index (χ3n) is 4.18. The summed E-state index contributed by atoms with van der Waals surface area (Å²) in [5, 5.41) is 4.49. The third-order valence-corrected chi connectivity index (χ3v) is 5.29. The second-order valence-electron chi connectivity index (χ2n) is 5.72. The van der Waals surface area contributed by atoms with E-state index in [2.05, 4.69) is 48.2 Å². The average Bonchev–Trinajstić information content (AvgIpc) is 2.79. The van der Waals surface area contributed by atoms with Crippen LogP contribution in [0.25, 0.3) is 0 Å². The first-order valence-corrected chi connectivity index (χ1v) is 7.93. The van der Waals surface area contributed by atoms with Gasteiger partial charge in [0.25, 0.3) is 0 Å². The summed E-state index contributed by atoms with van der Waals surface area (Å²) in [4.78, 5) is 10.6. The molecule has 0 radical (unpaired) electrons. The number of anilines is 1. The molecule has 1 aliphatic carbocycles. The van der Waals surface area contributed by atoms with E-state index in [4.69, 9.17) is 0 Å². The molecule has 1 aromatic heterocycles. The number of rotatable bonds is 7. The fourth-order valence-corrected chi connectivity index (χ4v) is 3.48. The van der Waals surface area contributed by atoms with Crippen molar-refractivity contribution >= 4 is 16.5 Å². The topological polar surface area (TPSA) is 31.4 Å². The second-order valence-corrected chi connectivity index (χ2v) is 6.81. The van der Waals surface area contributed by atoms with Gasteiger partial charge in [-0.1, -0.05) is 6.92 Å². The van der Waals surface area contributed by atoms with Gasteiger partial charge < -0.3 is 15.1 Å². The van der Waals surface area contributed by atoms with Gasteiger partial charge in [0.05, 0.1) is 0 Å². The van der Waals surface area contributed by atoms with Crippen LogP contribution in [0.1, 0.15) is 31.1 Å². The molecular formula is C14H26N4S. The van der Waals surface area contributed by atoms with E-state index >= 15 is 0 Å². The maximum atomic E-state index is 4.56. The van der Waals surface area contributed by atoms with Gasteiger partial charge >= 0.3 is 0 Å². The lowest BCUT2D eigenvalue weighted by Crippen LogP contribution is -2.56. The predicted octanol–water partition coefficient (Wildman–Crippen LogP) is 2.17. The molecule has 5 heteroatoms. The SMILES string of the molecule is CCNCc1cnc(N(C)CC2(N(C)C)CCC2)s1. The highest BCUT2D eigenvalue weighted by atomic mass is 32.1. The summed E-state index contributed by atoms with van der Waals surface area (Å²) in [5.74, 6) is 0. The lowest BCUT2D eigenvalue weighted by molar-refractivity contribution is 0.0683. The van der Waals surface area contributed by atoms with Crippen molar-refractivity contribution in [2.75, 3.05) is 39.1 Å². The fraction of sp³-hybridized carbons (Fsp3) is 0.786. The quantitative estimate of drug-likeness (QED) is 0.830. The van der Waals surface area contributed by atoms with Crippen LogP contribution < -0.4 is 10.2 Å². The van der Waals surface area contributed by atoms with Crippen molar-refractivity contribution in [2.24, 2.45) is 0 Å². The Morgan fingerprint density at radius 1 is 1.37 bits per heavy atom. The maximum absolute atomic E-state index is 4.56. The highest BCUT2D eigenvalue weighted by Gasteiger charge is 2.40. The summed E-state index contributed by atoms with van der Waals surface area (Å²) >= 11 is 1.80. The molecule has 4 nitrogen and oxygen atoms in total. The molecule has 0 aromatic carbocycles. The number of hydrogen-bond acceptors (Lipinski definition) is 5. The summed E-state index contributed by atoms with van der Waals surface area (Å²) in [6, 6.07) is 0. The normalized spacial score (nSPS) is 17.5. The van der Waals surface area contributed by atoms with Crippen LogP contribution >= 0.6 is 11.3 Å². The Labute approximate surface area is 120 Å². The molecule has 1 fully saturated rings. The summed E-state index contributed by atoms with van der Waals surface area (Å²) in [6.45, 7) is 5.15. The molecule has 0 spiro atoms. The van der Waals surface area contributed by atoms with E-state index in [9.17, 15) is 0 Å². The van der Waals surface area contributed by atoms with Crippen molar-refractivity contribution in [2.45, 2.75) is 38.3 Å². The average molecular weight is 282 g/mol. The van der Waals surface area contributed by atoms with Gasteiger partial charge in [-0.2, -0.15) is 0 Å². The molecule has 1 N–H and O–H groups in total. The Balaban J connectivity index is 1.95. The van der Waals surface area contributed by atoms with Gasteiger partial charge in [0.15, 0.2) is 5.13 Å². The molecule has 0 amide bonds. The zero-order valence-corrected chi connectivity index (χ0v) is 13.4. The highest BCUT2D eigenvalue weighted by Crippen LogP contribution is 2.37. The zero-order valence-electron chi connectivity index (χ0n) is 12.6. The van der Waals surface area contributed by atoms with Gasteiger partial charge in [0, 0.05) is 36.8 Å². The Bertz CT molecular complexity index is 398. The summed E-state index contributed by atoms with van der Waals surface area (Å²) in [5.41, 5.74) is 0.363. The molecule has 108 valence electrons. The number of hydrogen-bond donors (Lipinski definition) is 1. The number of aromatic nitrogens is 1. The van der Waals surface area contributed by atoms with Crippen molar-refractivity contribution in [1.82, 2.24) is 15.2 Å². The first-order valence-electron chi connectivity index (χ1n) is 7.11. The lowest BCUT2D eigenvalue weighted by atomic mass is 9.75. The monoisotopic (exact) mass is 282 g/mol. The van der Waals surface area contributed by atoms with E-state index in [1.54, 1.807) is 11.3 Å². The molecule has 0 aliphatic heterocycles. The zero-order chi connectivity index (χ0) is 13.9. The molecule has 0 bridgehead atoms. The van der Waals surface area contributed by atoms with Crippen LogP contribution in [0.3, 0.4) is 0 Å². The summed E-state index contributed by atoms with van der Waals surface area (Å²) < 4.78 is 0. The molecule has 1 aromatic rings. The maximum Gasteiger partial charge on any atom is 0.185 e. The third kappa shape index (κ3) is 3.27. The van der Waals surface area contributed by atoms with E-state index < -0.39 is 0 Å². The molecule has 1 saturated carbocycles. The van der Waals surface area contributed by atoms with Gasteiger partial charge in [-0.3, -0.25) is 0 Å². The predicted molar refractivity (Wildman–Crippen MR) is 83.0 cm³/mol. The Hall–Kier alpha value is -0.650. The van der Waals surface area contributed by atoms with Gasteiger partial charge in [0.2, 0.25) is 0 Å². The van der Waals surface area contributed by atoms with Crippen molar-refractivity contribution in [1.29, 1.82) is 0 Å². The van der Waals surface area contributed by atoms with Crippen LogP contribution in [0, 0.1) is 0 Å². The van der Waals surface area contributed by atoms with Crippen LogP contribution in [0.2, 0.25) is 0 Å². The first kappa shape index (κ1) is 14.8. The Morgan fingerprint density at radius 2 is 2.11 bits per heavy atom. The standard InChI is InChI=1S/C14H26N4S/c1-5-15-9-12-10-16-13(19-12)18(4)11-14(17(2)3)7-6-8-14/h10,15H,5-9,11H2,1-4H3. The Morgan fingerprint density at radius 3 is 2.63 bits per heavy atom. The van der Waals surface area contributed by atoms with Gasteiger partial charge in [-0.05, 0) is 39.9 Å². The Kier molecular flexibility index (Phi) is 4.81. The number of nitrogens with one attached hydrogen (secondary N) is 1. The molecule has 0 saturated heterocycles. The largest absolute Gasteiger partial charge is 0.349 e. The van der Waals surface area contributed by atoms with Crippen LogP contribution in [-0.4, -0.2) is 49.7 Å². The minimum absolute atomic E-state index is 0.363. The molecule has 0 unspecified atom stereocenters. The molecule has 0 atom stereocenters. The summed E-state index contributed by atoms with van der Waals surface area (Å²) in [6.07, 6.45) is 5.97. The molecular weight excluding hydrogens is 256 g/mol. The minimum atomic E-state index is 0.363. The number of thiazole rings is 1. The van der Waals surface area contributed by atoms with Crippen molar-refractivity contribution in [3.8, 4) is 0 Å². The lowest BCUT2D eigenvalue weighted by Gasteiger charge is -2.49. The van der Waals surface area contributed by atoms with Crippen molar-refractivity contribution < 1.29 is 0 Å². The second kappa shape index (κ2) is 6.20. The van der Waals surface area contributed by atoms with Gasteiger partial charge in [-0.15, -0.1) is 11.3 Å².